The molecule has 0 spiro atoms. The van der Waals surface area contributed by atoms with Crippen LogP contribution in [0.15, 0.2) is 16.7 Å². The van der Waals surface area contributed by atoms with Gasteiger partial charge in [-0.05, 0) is 50.2 Å². The van der Waals surface area contributed by atoms with Crippen molar-refractivity contribution in [2.24, 2.45) is 5.92 Å². The summed E-state index contributed by atoms with van der Waals surface area (Å²) >= 11 is 0. The van der Waals surface area contributed by atoms with Gasteiger partial charge < -0.3 is 14.7 Å². The largest absolute Gasteiger partial charge is 0.360 e. The summed E-state index contributed by atoms with van der Waals surface area (Å²) in [5, 5.41) is 15.6. The van der Waals surface area contributed by atoms with Crippen molar-refractivity contribution in [3.63, 3.8) is 0 Å². The van der Waals surface area contributed by atoms with Gasteiger partial charge in [-0.2, -0.15) is 5.10 Å². The minimum Gasteiger partial charge on any atom is -0.360 e. The smallest absolute Gasteiger partial charge is 0.273 e. The zero-order valence-electron chi connectivity index (χ0n) is 14.8. The summed E-state index contributed by atoms with van der Waals surface area (Å²) in [4.78, 5) is 14.4. The van der Waals surface area contributed by atoms with Gasteiger partial charge in [0.15, 0.2) is 11.5 Å². The Balaban J connectivity index is 1.12. The maximum absolute atomic E-state index is 12.2. The first kappa shape index (κ1) is 15.8. The molecule has 7 nitrogen and oxygen atoms in total. The van der Waals surface area contributed by atoms with Crippen LogP contribution in [0.3, 0.4) is 0 Å². The summed E-state index contributed by atoms with van der Waals surface area (Å²) in [5.41, 5.74) is 2.92. The van der Waals surface area contributed by atoms with Crippen LogP contribution in [-0.2, 0) is 12.8 Å². The van der Waals surface area contributed by atoms with Crippen molar-refractivity contribution in [1.29, 1.82) is 0 Å². The summed E-state index contributed by atoms with van der Waals surface area (Å²) in [6, 6.07) is 3.98. The van der Waals surface area contributed by atoms with Gasteiger partial charge in [0.1, 0.15) is 5.76 Å². The van der Waals surface area contributed by atoms with Crippen molar-refractivity contribution in [2.45, 2.75) is 44.4 Å². The molecule has 1 saturated carbocycles. The highest BCUT2D eigenvalue weighted by atomic mass is 16.5. The van der Waals surface area contributed by atoms with E-state index < -0.39 is 0 Å². The highest BCUT2D eigenvalue weighted by Gasteiger charge is 2.31. The molecule has 2 fully saturated rings. The molecule has 0 bridgehead atoms. The maximum atomic E-state index is 12.2. The van der Waals surface area contributed by atoms with E-state index in [-0.39, 0.29) is 5.91 Å². The molecule has 1 aliphatic heterocycles. The van der Waals surface area contributed by atoms with Crippen molar-refractivity contribution in [1.82, 2.24) is 20.7 Å². The fraction of sp³-hybridized carbons (Fsp3) is 0.579. The number of aromatic nitrogens is 3. The lowest BCUT2D eigenvalue weighted by atomic mass is 9.95. The Morgan fingerprint density at radius 1 is 1.19 bits per heavy atom. The minimum absolute atomic E-state index is 0.146. The fourth-order valence-corrected chi connectivity index (χ4v) is 3.80. The third kappa shape index (κ3) is 3.06. The molecule has 3 heterocycles. The Kier molecular flexibility index (Phi) is 3.87. The van der Waals surface area contributed by atoms with E-state index in [9.17, 15) is 4.79 Å². The van der Waals surface area contributed by atoms with Crippen LogP contribution in [-0.4, -0.2) is 40.9 Å². The number of hydrogen-bond acceptors (Lipinski definition) is 6. The molecule has 0 atom stereocenters. The molecule has 3 aliphatic rings. The van der Waals surface area contributed by atoms with E-state index in [4.69, 9.17) is 4.52 Å². The second-order valence-corrected chi connectivity index (χ2v) is 7.75. The van der Waals surface area contributed by atoms with Crippen molar-refractivity contribution in [3.05, 3.63) is 34.8 Å². The van der Waals surface area contributed by atoms with Crippen LogP contribution in [0.4, 0.5) is 5.82 Å². The number of nitrogens with zero attached hydrogens (tertiary/aromatic N) is 4. The van der Waals surface area contributed by atoms with Crippen LogP contribution in [0.25, 0.3) is 0 Å². The summed E-state index contributed by atoms with van der Waals surface area (Å²) in [6.45, 7) is 2.46. The third-order valence-corrected chi connectivity index (χ3v) is 5.63. The van der Waals surface area contributed by atoms with Crippen LogP contribution in [0.2, 0.25) is 0 Å². The summed E-state index contributed by atoms with van der Waals surface area (Å²) < 4.78 is 5.24. The Labute approximate surface area is 152 Å². The van der Waals surface area contributed by atoms with Gasteiger partial charge in [0, 0.05) is 37.5 Å². The number of carbonyl (C=O) groups excluding carboxylic acids is 1. The quantitative estimate of drug-likeness (QED) is 0.886. The molecule has 2 aromatic rings. The fourth-order valence-electron chi connectivity index (χ4n) is 3.80. The predicted molar refractivity (Wildman–Crippen MR) is 95.2 cm³/mol. The molecule has 26 heavy (non-hydrogen) atoms. The zero-order chi connectivity index (χ0) is 17.5. The van der Waals surface area contributed by atoms with E-state index in [1.165, 1.54) is 24.1 Å². The van der Waals surface area contributed by atoms with E-state index in [2.05, 4.69) is 31.6 Å². The Bertz CT molecular complexity index is 823. The molecule has 0 radical (unpaired) electrons. The van der Waals surface area contributed by atoms with Crippen LogP contribution >= 0.6 is 0 Å². The molecule has 136 valence electrons. The van der Waals surface area contributed by atoms with Crippen LogP contribution in [0.1, 0.15) is 59.1 Å². The molecule has 1 N–H and O–H groups in total. The lowest BCUT2D eigenvalue weighted by Crippen LogP contribution is -2.52. The molecular weight excluding hydrogens is 330 g/mol. The van der Waals surface area contributed by atoms with Gasteiger partial charge >= 0.3 is 0 Å². The molecule has 1 saturated heterocycles. The maximum Gasteiger partial charge on any atom is 0.273 e. The average Bonchev–Trinajstić information content (AvgIpc) is 3.37. The highest BCUT2D eigenvalue weighted by Crippen LogP contribution is 2.40. The molecule has 0 unspecified atom stereocenters. The number of rotatable bonds is 5. The number of hydrogen-bond donors (Lipinski definition) is 1. The van der Waals surface area contributed by atoms with E-state index in [1.54, 1.807) is 6.07 Å². The van der Waals surface area contributed by atoms with Crippen LogP contribution < -0.4 is 10.2 Å². The number of nitrogens with one attached hydrogen (secondary N) is 1. The van der Waals surface area contributed by atoms with E-state index >= 15 is 0 Å². The van der Waals surface area contributed by atoms with Gasteiger partial charge in [-0.15, -0.1) is 5.10 Å². The summed E-state index contributed by atoms with van der Waals surface area (Å²) in [5.74, 6) is 2.58. The Morgan fingerprint density at radius 2 is 2.04 bits per heavy atom. The molecular formula is C19H23N5O2. The topological polar surface area (TPSA) is 84.2 Å². The van der Waals surface area contributed by atoms with Crippen molar-refractivity contribution < 1.29 is 9.32 Å². The number of aryl methyl sites for hydroxylation is 2. The average molecular weight is 353 g/mol. The van der Waals surface area contributed by atoms with Crippen LogP contribution in [0.5, 0.6) is 0 Å². The molecule has 5 rings (SSSR count). The first-order valence-corrected chi connectivity index (χ1v) is 9.61. The Morgan fingerprint density at radius 3 is 2.88 bits per heavy atom. The standard InChI is InChI=1S/C19H23N5O2/c25-19(16-8-17(26-23-16)13-5-6-13)20-9-12-10-24(11-12)18-7-14-3-1-2-4-15(14)21-22-18/h7-8,12-13H,1-6,9-11H2,(H,20,25). The highest BCUT2D eigenvalue weighted by molar-refractivity contribution is 5.92. The molecule has 0 aromatic carbocycles. The van der Waals surface area contributed by atoms with Gasteiger partial charge in [0.25, 0.3) is 5.91 Å². The minimum atomic E-state index is -0.146. The van der Waals surface area contributed by atoms with Gasteiger partial charge in [-0.1, -0.05) is 5.16 Å². The van der Waals surface area contributed by atoms with Gasteiger partial charge in [-0.25, -0.2) is 0 Å². The van der Waals surface area contributed by atoms with Gasteiger partial charge in [0.05, 0.1) is 5.69 Å². The van der Waals surface area contributed by atoms with Crippen LogP contribution in [0, 0.1) is 5.92 Å². The molecule has 2 aliphatic carbocycles. The number of fused-ring (bicyclic) bond motifs is 1. The number of anilines is 1. The number of carbonyl (C=O) groups is 1. The Hall–Kier alpha value is -2.44. The van der Waals surface area contributed by atoms with Crippen molar-refractivity contribution in [2.75, 3.05) is 24.5 Å². The van der Waals surface area contributed by atoms with Gasteiger partial charge in [-0.3, -0.25) is 4.79 Å². The van der Waals surface area contributed by atoms with Gasteiger partial charge in [0.2, 0.25) is 0 Å². The summed E-state index contributed by atoms with van der Waals surface area (Å²) in [7, 11) is 0. The molecule has 1 amide bonds. The lowest BCUT2D eigenvalue weighted by molar-refractivity contribution is 0.0935. The molecule has 2 aromatic heterocycles. The SMILES string of the molecule is O=C(NCC1CN(c2cc3c(nn2)CCCC3)C1)c1cc(C2CC2)on1. The second-order valence-electron chi connectivity index (χ2n) is 7.75. The zero-order valence-corrected chi connectivity index (χ0v) is 14.8. The normalized spacial score (nSPS) is 19.8. The third-order valence-electron chi connectivity index (χ3n) is 5.63. The predicted octanol–water partition coefficient (Wildman–Crippen LogP) is 2.09. The van der Waals surface area contributed by atoms with E-state index in [0.717, 1.165) is 50.4 Å². The first-order valence-electron chi connectivity index (χ1n) is 9.61. The molecule has 7 heteroatoms. The lowest BCUT2D eigenvalue weighted by Gasteiger charge is -2.40. The van der Waals surface area contributed by atoms with Crippen molar-refractivity contribution >= 4 is 11.7 Å². The first-order chi connectivity index (χ1) is 12.8. The van der Waals surface area contributed by atoms with Crippen molar-refractivity contribution in [3.8, 4) is 0 Å². The van der Waals surface area contributed by atoms with E-state index in [0.29, 0.717) is 24.1 Å². The summed E-state index contributed by atoms with van der Waals surface area (Å²) in [6.07, 6.45) is 6.92. The van der Waals surface area contributed by atoms with E-state index in [1.807, 2.05) is 0 Å². The second kappa shape index (κ2) is 6.37. The monoisotopic (exact) mass is 353 g/mol. The number of amides is 1.